The largest absolute Gasteiger partial charge is 0.494 e. The molecule has 0 saturated carbocycles. The number of benzene rings is 1. The molecule has 3 nitrogen and oxygen atoms in total. The molecule has 0 aliphatic carbocycles. The maximum Gasteiger partial charge on any atom is 0.119 e. The van der Waals surface area contributed by atoms with Gasteiger partial charge < -0.3 is 9.57 Å². The lowest BCUT2D eigenvalue weighted by atomic mass is 10.3. The molecule has 2 N–H and O–H groups in total. The van der Waals surface area contributed by atoms with E-state index >= 15 is 0 Å². The molecule has 1 rings (SSSR count). The first-order valence-corrected chi connectivity index (χ1v) is 3.93. The summed E-state index contributed by atoms with van der Waals surface area (Å²) in [6, 6.07) is 9.67. The van der Waals surface area contributed by atoms with Crippen LogP contribution in [-0.2, 0) is 4.84 Å². The highest BCUT2D eigenvalue weighted by Gasteiger charge is 1.90. The molecule has 74 valence electrons. The molecule has 0 saturated heterocycles. The van der Waals surface area contributed by atoms with Gasteiger partial charge in [-0.3, -0.25) is 0 Å². The van der Waals surface area contributed by atoms with Crippen LogP contribution in [0.3, 0.4) is 0 Å². The maximum absolute atomic E-state index is 5.37. The molecule has 0 aliphatic heterocycles. The first kappa shape index (κ1) is 12.2. The zero-order chi connectivity index (χ0) is 8.65. The van der Waals surface area contributed by atoms with E-state index in [9.17, 15) is 0 Å². The maximum atomic E-state index is 5.37. The fraction of sp³-hybridized carbons (Fsp3) is 0.333. The summed E-state index contributed by atoms with van der Waals surface area (Å²) in [5.41, 5.74) is 0. The van der Waals surface area contributed by atoms with Gasteiger partial charge in [-0.25, -0.2) is 5.90 Å². The highest BCUT2D eigenvalue weighted by Crippen LogP contribution is 2.07. The Balaban J connectivity index is 0.00000144. The molecule has 0 heterocycles. The third-order valence-electron chi connectivity index (χ3n) is 1.42. The van der Waals surface area contributed by atoms with Crippen LogP contribution < -0.4 is 10.6 Å². The van der Waals surface area contributed by atoms with Crippen LogP contribution >= 0.6 is 12.4 Å². The highest BCUT2D eigenvalue weighted by molar-refractivity contribution is 5.85. The van der Waals surface area contributed by atoms with Crippen molar-refractivity contribution in [3.8, 4) is 5.75 Å². The number of rotatable bonds is 5. The second-order valence-electron chi connectivity index (χ2n) is 2.39. The van der Waals surface area contributed by atoms with Crippen molar-refractivity contribution in [2.45, 2.75) is 6.42 Å². The number of hydrogen-bond donors (Lipinski definition) is 1. The van der Waals surface area contributed by atoms with E-state index in [0.29, 0.717) is 13.2 Å². The van der Waals surface area contributed by atoms with Gasteiger partial charge in [-0.1, -0.05) is 18.2 Å². The van der Waals surface area contributed by atoms with E-state index in [1.807, 2.05) is 30.3 Å². The Morgan fingerprint density at radius 3 is 2.38 bits per heavy atom. The Labute approximate surface area is 84.2 Å². The fourth-order valence-corrected chi connectivity index (χ4v) is 0.849. The average Bonchev–Trinajstić information content (AvgIpc) is 2.14. The molecule has 0 unspecified atom stereocenters. The summed E-state index contributed by atoms with van der Waals surface area (Å²) in [5, 5.41) is 0. The van der Waals surface area contributed by atoms with Crippen molar-refractivity contribution in [2.75, 3.05) is 13.2 Å². The minimum absolute atomic E-state index is 0. The van der Waals surface area contributed by atoms with Crippen LogP contribution in [0.15, 0.2) is 30.3 Å². The lowest BCUT2D eigenvalue weighted by Gasteiger charge is -2.03. The van der Waals surface area contributed by atoms with Crippen molar-refractivity contribution in [3.05, 3.63) is 30.3 Å². The zero-order valence-corrected chi connectivity index (χ0v) is 8.13. The summed E-state index contributed by atoms with van der Waals surface area (Å²) in [6.45, 7) is 1.17. The van der Waals surface area contributed by atoms with Gasteiger partial charge in [0.2, 0.25) is 0 Å². The monoisotopic (exact) mass is 203 g/mol. The quantitative estimate of drug-likeness (QED) is 0.586. The van der Waals surface area contributed by atoms with Gasteiger partial charge in [0.1, 0.15) is 5.75 Å². The first-order chi connectivity index (χ1) is 5.93. The van der Waals surface area contributed by atoms with Crippen molar-refractivity contribution < 1.29 is 9.57 Å². The topological polar surface area (TPSA) is 44.5 Å². The summed E-state index contributed by atoms with van der Waals surface area (Å²) < 4.78 is 5.37. The molecule has 1 aromatic carbocycles. The second kappa shape index (κ2) is 7.86. The number of hydrogen-bond acceptors (Lipinski definition) is 3. The molecule has 0 radical (unpaired) electrons. The van der Waals surface area contributed by atoms with Gasteiger partial charge in [0.25, 0.3) is 0 Å². The molecule has 4 heteroatoms. The van der Waals surface area contributed by atoms with Gasteiger partial charge in [-0.05, 0) is 12.1 Å². The van der Waals surface area contributed by atoms with Gasteiger partial charge >= 0.3 is 0 Å². The van der Waals surface area contributed by atoms with Gasteiger partial charge in [-0.2, -0.15) is 0 Å². The number of nitrogens with two attached hydrogens (primary N) is 1. The fourth-order valence-electron chi connectivity index (χ4n) is 0.849. The molecule has 0 spiro atoms. The second-order valence-corrected chi connectivity index (χ2v) is 2.39. The van der Waals surface area contributed by atoms with Gasteiger partial charge in [-0.15, -0.1) is 12.4 Å². The predicted molar refractivity (Wildman–Crippen MR) is 53.9 cm³/mol. The van der Waals surface area contributed by atoms with Crippen molar-refractivity contribution in [3.63, 3.8) is 0 Å². The first-order valence-electron chi connectivity index (χ1n) is 3.93. The van der Waals surface area contributed by atoms with Crippen LogP contribution in [0.4, 0.5) is 0 Å². The third kappa shape index (κ3) is 5.47. The summed E-state index contributed by atoms with van der Waals surface area (Å²) in [6.07, 6.45) is 0.811. The smallest absolute Gasteiger partial charge is 0.119 e. The van der Waals surface area contributed by atoms with Crippen LogP contribution in [0.5, 0.6) is 5.75 Å². The van der Waals surface area contributed by atoms with Crippen LogP contribution in [0.2, 0.25) is 0 Å². The molecule has 0 fully saturated rings. The number of halogens is 1. The molecule has 0 bridgehead atoms. The molecule has 0 aliphatic rings. The Morgan fingerprint density at radius 1 is 1.08 bits per heavy atom. The number of para-hydroxylation sites is 1. The van der Waals surface area contributed by atoms with Crippen molar-refractivity contribution >= 4 is 12.4 Å². The molecular weight excluding hydrogens is 190 g/mol. The van der Waals surface area contributed by atoms with E-state index in [4.69, 9.17) is 10.6 Å². The van der Waals surface area contributed by atoms with Crippen LogP contribution in [0, 0.1) is 0 Å². The van der Waals surface area contributed by atoms with Crippen molar-refractivity contribution in [1.29, 1.82) is 0 Å². The molecule has 0 amide bonds. The lowest BCUT2D eigenvalue weighted by molar-refractivity contribution is 0.122. The normalized spacial score (nSPS) is 9.00. The molecule has 0 atom stereocenters. The number of ether oxygens (including phenoxy) is 1. The Morgan fingerprint density at radius 2 is 1.77 bits per heavy atom. The zero-order valence-electron chi connectivity index (χ0n) is 7.31. The van der Waals surface area contributed by atoms with E-state index in [-0.39, 0.29) is 12.4 Å². The van der Waals surface area contributed by atoms with Crippen LogP contribution in [0.1, 0.15) is 6.42 Å². The summed E-state index contributed by atoms with van der Waals surface area (Å²) in [7, 11) is 0. The predicted octanol–water partition coefficient (Wildman–Crippen LogP) is 1.77. The minimum atomic E-state index is 0. The van der Waals surface area contributed by atoms with Gasteiger partial charge in [0.15, 0.2) is 0 Å². The standard InChI is InChI=1S/C9H13NO2.ClH/c10-12-8-4-7-11-9-5-2-1-3-6-9;/h1-3,5-6H,4,7-8,10H2;1H. The Hall–Kier alpha value is -0.770. The molecule has 13 heavy (non-hydrogen) atoms. The summed E-state index contributed by atoms with van der Waals surface area (Å²) in [5.74, 6) is 5.74. The van der Waals surface area contributed by atoms with E-state index < -0.39 is 0 Å². The van der Waals surface area contributed by atoms with Crippen LogP contribution in [0.25, 0.3) is 0 Å². The Bertz CT molecular complexity index is 206. The van der Waals surface area contributed by atoms with E-state index in [1.54, 1.807) is 0 Å². The van der Waals surface area contributed by atoms with Gasteiger partial charge in [0.05, 0.1) is 13.2 Å². The van der Waals surface area contributed by atoms with Crippen molar-refractivity contribution in [2.24, 2.45) is 5.90 Å². The summed E-state index contributed by atoms with van der Waals surface area (Å²) in [4.78, 5) is 4.40. The SMILES string of the molecule is Cl.NOCCCOc1ccccc1. The molecule has 0 aromatic heterocycles. The highest BCUT2D eigenvalue weighted by atomic mass is 35.5. The van der Waals surface area contributed by atoms with E-state index in [1.165, 1.54) is 0 Å². The molecular formula is C9H14ClNO2. The Kier molecular flexibility index (Phi) is 7.39. The molecule has 1 aromatic rings. The van der Waals surface area contributed by atoms with E-state index in [2.05, 4.69) is 4.84 Å². The average molecular weight is 204 g/mol. The minimum Gasteiger partial charge on any atom is -0.494 e. The summed E-state index contributed by atoms with van der Waals surface area (Å²) >= 11 is 0. The van der Waals surface area contributed by atoms with Crippen molar-refractivity contribution in [1.82, 2.24) is 0 Å². The van der Waals surface area contributed by atoms with Gasteiger partial charge in [0, 0.05) is 6.42 Å². The van der Waals surface area contributed by atoms with Crippen LogP contribution in [-0.4, -0.2) is 13.2 Å². The van der Waals surface area contributed by atoms with E-state index in [0.717, 1.165) is 12.2 Å². The third-order valence-corrected chi connectivity index (χ3v) is 1.42. The lowest BCUT2D eigenvalue weighted by Crippen LogP contribution is -2.06.